The van der Waals surface area contributed by atoms with E-state index in [4.69, 9.17) is 27.9 Å². The molecule has 46 heavy (non-hydrogen) atoms. The van der Waals surface area contributed by atoms with E-state index in [0.717, 1.165) is 28.0 Å². The van der Waals surface area contributed by atoms with E-state index in [-0.39, 0.29) is 16.5 Å². The summed E-state index contributed by atoms with van der Waals surface area (Å²) < 4.78 is 20.4. The van der Waals surface area contributed by atoms with Crippen LogP contribution in [0.2, 0.25) is 10.0 Å². The van der Waals surface area contributed by atoms with Crippen molar-refractivity contribution >= 4 is 68.9 Å². The van der Waals surface area contributed by atoms with Gasteiger partial charge in [-0.3, -0.25) is 14.5 Å². The van der Waals surface area contributed by atoms with Crippen molar-refractivity contribution < 1.29 is 23.8 Å². The number of anilines is 1. The first-order chi connectivity index (χ1) is 22.2. The standard InChI is InChI=1S/C34H24Cl2FN3O4S2/c1-19-4-2-3-5-22(19)17-44-26-14-9-21(10-15-26)30(41)28-29(20-7-12-25(37)13-8-20)40(32(43)31(28)42)33-38-39-34(46-33)45-18-23-6-11-24(35)16-27(23)36/h2-16,29,41H,17-18H2,1H3. The predicted octanol–water partition coefficient (Wildman–Crippen LogP) is 8.79. The SMILES string of the molecule is Cc1ccccc1COc1ccc(C(O)=C2C(=O)C(=O)N(c3nnc(SCc4ccc(Cl)cc4Cl)s3)C2c2ccc(F)cc2)cc1. The van der Waals surface area contributed by atoms with Gasteiger partial charge < -0.3 is 9.84 Å². The molecule has 1 unspecified atom stereocenters. The number of carbonyl (C=O) groups excluding carboxylic acids is 2. The quantitative estimate of drug-likeness (QED) is 0.0543. The van der Waals surface area contributed by atoms with Gasteiger partial charge in [0.2, 0.25) is 5.13 Å². The van der Waals surface area contributed by atoms with Crippen molar-refractivity contribution in [2.75, 3.05) is 4.90 Å². The third kappa shape index (κ3) is 6.66. The summed E-state index contributed by atoms with van der Waals surface area (Å²) in [6.45, 7) is 2.37. The van der Waals surface area contributed by atoms with E-state index in [9.17, 15) is 19.1 Å². The van der Waals surface area contributed by atoms with Gasteiger partial charge in [-0.25, -0.2) is 4.39 Å². The maximum atomic E-state index is 13.9. The topological polar surface area (TPSA) is 92.6 Å². The molecule has 0 aliphatic carbocycles. The number of hydrogen-bond donors (Lipinski definition) is 1. The minimum absolute atomic E-state index is 0.150. The van der Waals surface area contributed by atoms with Crippen molar-refractivity contribution in [3.8, 4) is 5.75 Å². The van der Waals surface area contributed by atoms with Crippen LogP contribution in [0.1, 0.15) is 33.9 Å². The molecule has 4 aromatic carbocycles. The second kappa shape index (κ2) is 13.6. The smallest absolute Gasteiger partial charge is 0.301 e. The van der Waals surface area contributed by atoms with Gasteiger partial charge in [0.05, 0.1) is 11.6 Å². The van der Waals surface area contributed by atoms with Crippen LogP contribution >= 0.6 is 46.3 Å². The van der Waals surface area contributed by atoms with Crippen LogP contribution in [0.25, 0.3) is 5.76 Å². The molecule has 12 heteroatoms. The third-order valence-corrected chi connectivity index (χ3v) is 10.1. The molecule has 1 amide bonds. The van der Waals surface area contributed by atoms with Crippen LogP contribution < -0.4 is 9.64 Å². The molecule has 2 heterocycles. The summed E-state index contributed by atoms with van der Waals surface area (Å²) in [6.07, 6.45) is 0. The van der Waals surface area contributed by atoms with Crippen molar-refractivity contribution in [2.45, 2.75) is 29.7 Å². The fraction of sp³-hybridized carbons (Fsp3) is 0.118. The lowest BCUT2D eigenvalue weighted by atomic mass is 9.95. The Morgan fingerprint density at radius 1 is 0.978 bits per heavy atom. The Morgan fingerprint density at radius 2 is 1.72 bits per heavy atom. The number of thioether (sulfide) groups is 1. The van der Waals surface area contributed by atoms with E-state index < -0.39 is 23.5 Å². The molecule has 7 nitrogen and oxygen atoms in total. The average molecular weight is 693 g/mol. The fourth-order valence-corrected chi connectivity index (χ4v) is 7.35. The monoisotopic (exact) mass is 691 g/mol. The van der Waals surface area contributed by atoms with Crippen molar-refractivity contribution in [3.63, 3.8) is 0 Å². The van der Waals surface area contributed by atoms with Gasteiger partial charge in [-0.2, -0.15) is 0 Å². The number of halogens is 3. The van der Waals surface area contributed by atoms with Crippen LogP contribution in [0.15, 0.2) is 101 Å². The molecule has 0 spiro atoms. The first-order valence-corrected chi connectivity index (χ1v) is 16.5. The summed E-state index contributed by atoms with van der Waals surface area (Å²) in [5.41, 5.74) is 3.56. The lowest BCUT2D eigenvalue weighted by Crippen LogP contribution is -2.29. The number of aliphatic hydroxyl groups is 1. The van der Waals surface area contributed by atoms with Crippen LogP contribution in [0.5, 0.6) is 5.75 Å². The number of Topliss-reactive ketones (excluding diaryl/α,β-unsaturated/α-hetero) is 1. The van der Waals surface area contributed by atoms with Crippen LogP contribution in [-0.2, 0) is 21.9 Å². The van der Waals surface area contributed by atoms with E-state index in [1.807, 2.05) is 37.3 Å². The van der Waals surface area contributed by atoms with E-state index in [1.54, 1.807) is 36.4 Å². The summed E-state index contributed by atoms with van der Waals surface area (Å²) in [7, 11) is 0. The number of rotatable bonds is 9. The molecule has 232 valence electrons. The number of amides is 1. The Hall–Kier alpha value is -4.22. The molecule has 1 aliphatic rings. The Labute approximate surface area is 282 Å². The van der Waals surface area contributed by atoms with E-state index >= 15 is 0 Å². The molecule has 6 rings (SSSR count). The van der Waals surface area contributed by atoms with Crippen LogP contribution in [0, 0.1) is 12.7 Å². The van der Waals surface area contributed by atoms with Crippen molar-refractivity contribution in [2.24, 2.45) is 0 Å². The molecule has 1 atom stereocenters. The molecule has 1 saturated heterocycles. The second-order valence-corrected chi connectivity index (χ2v) is 13.4. The molecule has 1 aliphatic heterocycles. The van der Waals surface area contributed by atoms with Gasteiger partial charge in [0.15, 0.2) is 4.34 Å². The van der Waals surface area contributed by atoms with Gasteiger partial charge in [-0.05, 0) is 77.7 Å². The van der Waals surface area contributed by atoms with Gasteiger partial charge in [-0.15, -0.1) is 10.2 Å². The zero-order chi connectivity index (χ0) is 32.4. The van der Waals surface area contributed by atoms with Crippen LogP contribution in [0.3, 0.4) is 0 Å². The fourth-order valence-electron chi connectivity index (χ4n) is 4.92. The number of aliphatic hydroxyl groups excluding tert-OH is 1. The number of hydrogen-bond acceptors (Lipinski definition) is 8. The minimum atomic E-state index is -1.07. The summed E-state index contributed by atoms with van der Waals surface area (Å²) in [6, 6.07) is 24.0. The summed E-state index contributed by atoms with van der Waals surface area (Å²) in [4.78, 5) is 28.2. The van der Waals surface area contributed by atoms with Gasteiger partial charge in [0.25, 0.3) is 5.78 Å². The van der Waals surface area contributed by atoms with E-state index in [2.05, 4.69) is 10.2 Å². The minimum Gasteiger partial charge on any atom is -0.507 e. The molecule has 1 N–H and O–H groups in total. The molecule has 0 radical (unpaired) electrons. The molecule has 0 saturated carbocycles. The lowest BCUT2D eigenvalue weighted by molar-refractivity contribution is -0.132. The number of ketones is 1. The Balaban J connectivity index is 1.29. The highest BCUT2D eigenvalue weighted by Crippen LogP contribution is 2.44. The first-order valence-electron chi connectivity index (χ1n) is 13.9. The van der Waals surface area contributed by atoms with Crippen molar-refractivity contribution in [1.82, 2.24) is 10.2 Å². The predicted molar refractivity (Wildman–Crippen MR) is 179 cm³/mol. The Bertz CT molecular complexity index is 1970. The van der Waals surface area contributed by atoms with Crippen molar-refractivity contribution in [3.05, 3.63) is 140 Å². The molecule has 5 aromatic rings. The zero-order valence-electron chi connectivity index (χ0n) is 24.1. The number of carbonyl (C=O) groups is 2. The molecule has 1 fully saturated rings. The van der Waals surface area contributed by atoms with E-state index in [1.165, 1.54) is 40.9 Å². The second-order valence-electron chi connectivity index (χ2n) is 10.3. The van der Waals surface area contributed by atoms with Crippen molar-refractivity contribution in [1.29, 1.82) is 0 Å². The molecular weight excluding hydrogens is 668 g/mol. The number of aryl methyl sites for hydroxylation is 1. The highest BCUT2D eigenvalue weighted by molar-refractivity contribution is 8.00. The Morgan fingerprint density at radius 3 is 2.43 bits per heavy atom. The normalized spacial score (nSPS) is 15.8. The molecule has 0 bridgehead atoms. The highest BCUT2D eigenvalue weighted by atomic mass is 35.5. The van der Waals surface area contributed by atoms with Gasteiger partial charge in [-0.1, -0.05) is 88.8 Å². The summed E-state index contributed by atoms with van der Waals surface area (Å²) in [5.74, 6) is -1.62. The van der Waals surface area contributed by atoms with E-state index in [0.29, 0.717) is 43.6 Å². The van der Waals surface area contributed by atoms with Gasteiger partial charge >= 0.3 is 5.91 Å². The average Bonchev–Trinajstić information content (AvgIpc) is 3.62. The number of ether oxygens (including phenoxy) is 1. The maximum Gasteiger partial charge on any atom is 0.301 e. The third-order valence-electron chi connectivity index (χ3n) is 7.38. The Kier molecular flexibility index (Phi) is 9.42. The zero-order valence-corrected chi connectivity index (χ0v) is 27.3. The summed E-state index contributed by atoms with van der Waals surface area (Å²) >= 11 is 14.8. The highest BCUT2D eigenvalue weighted by Gasteiger charge is 2.48. The lowest BCUT2D eigenvalue weighted by Gasteiger charge is -2.22. The van der Waals surface area contributed by atoms with Crippen LogP contribution in [-0.4, -0.2) is 27.0 Å². The number of aromatic nitrogens is 2. The molecule has 1 aromatic heterocycles. The number of nitrogens with zero attached hydrogens (tertiary/aromatic N) is 3. The largest absolute Gasteiger partial charge is 0.507 e. The number of benzene rings is 4. The first kappa shape index (κ1) is 31.7. The van der Waals surface area contributed by atoms with Crippen LogP contribution in [0.4, 0.5) is 9.52 Å². The maximum absolute atomic E-state index is 13.9. The summed E-state index contributed by atoms with van der Waals surface area (Å²) in [5, 5.41) is 21.1. The van der Waals surface area contributed by atoms with Gasteiger partial charge in [0, 0.05) is 21.4 Å². The molecular formula is C34H24Cl2FN3O4S2. The van der Waals surface area contributed by atoms with Gasteiger partial charge in [0.1, 0.15) is 23.9 Å².